The van der Waals surface area contributed by atoms with Crippen LogP contribution in [0.1, 0.15) is 12.8 Å². The van der Waals surface area contributed by atoms with Gasteiger partial charge in [-0.1, -0.05) is 5.21 Å². The zero-order valence-corrected chi connectivity index (χ0v) is 10.8. The number of carboxylic acid groups (broad SMARTS) is 1. The van der Waals surface area contributed by atoms with Crippen molar-refractivity contribution < 1.29 is 19.4 Å². The van der Waals surface area contributed by atoms with Crippen LogP contribution in [-0.2, 0) is 11.3 Å². The van der Waals surface area contributed by atoms with Gasteiger partial charge in [0, 0.05) is 25.1 Å². The molecule has 1 heterocycles. The largest absolute Gasteiger partial charge is 0.493 e. The summed E-state index contributed by atoms with van der Waals surface area (Å²) in [6.07, 6.45) is 0.608. The van der Waals surface area contributed by atoms with Crippen molar-refractivity contribution in [3.63, 3.8) is 0 Å². The fourth-order valence-corrected chi connectivity index (χ4v) is 1.84. The highest BCUT2D eigenvalue weighted by atomic mass is 16.5. The van der Waals surface area contributed by atoms with Gasteiger partial charge in [-0.15, -0.1) is 5.10 Å². The Kier molecular flexibility index (Phi) is 3.84. The van der Waals surface area contributed by atoms with Gasteiger partial charge in [-0.3, -0.25) is 4.79 Å². The molecule has 2 rings (SSSR count). The standard InChI is InChI=1S/C12H15N3O4/c1-18-10-6-8-9(7-11(10)19-2)15(14-13-8)5-3-4-12(16)17/h6-7H,3-5H2,1-2H3,(H,16,17). The number of aromatic nitrogens is 3. The first-order valence-corrected chi connectivity index (χ1v) is 5.82. The topological polar surface area (TPSA) is 86.5 Å². The van der Waals surface area contributed by atoms with Crippen molar-refractivity contribution in [1.29, 1.82) is 0 Å². The van der Waals surface area contributed by atoms with Crippen molar-refractivity contribution in [3.8, 4) is 11.5 Å². The molecule has 7 heteroatoms. The summed E-state index contributed by atoms with van der Waals surface area (Å²) in [5.74, 6) is 0.369. The zero-order chi connectivity index (χ0) is 13.8. The molecule has 102 valence electrons. The van der Waals surface area contributed by atoms with E-state index in [0.29, 0.717) is 30.0 Å². The van der Waals surface area contributed by atoms with E-state index in [1.54, 1.807) is 31.0 Å². The third-order valence-electron chi connectivity index (χ3n) is 2.78. The molecule has 0 aliphatic rings. The number of benzene rings is 1. The first kappa shape index (κ1) is 13.1. The van der Waals surface area contributed by atoms with Gasteiger partial charge in [-0.2, -0.15) is 0 Å². The minimum absolute atomic E-state index is 0.106. The van der Waals surface area contributed by atoms with Gasteiger partial charge in [0.25, 0.3) is 0 Å². The Morgan fingerprint density at radius 1 is 1.32 bits per heavy atom. The van der Waals surface area contributed by atoms with Gasteiger partial charge in [0.05, 0.1) is 19.7 Å². The van der Waals surface area contributed by atoms with E-state index in [1.165, 1.54) is 0 Å². The molecule has 0 saturated carbocycles. The van der Waals surface area contributed by atoms with E-state index >= 15 is 0 Å². The summed E-state index contributed by atoms with van der Waals surface area (Å²) in [7, 11) is 3.11. The van der Waals surface area contributed by atoms with Crippen LogP contribution < -0.4 is 9.47 Å². The summed E-state index contributed by atoms with van der Waals surface area (Å²) >= 11 is 0. The second kappa shape index (κ2) is 5.55. The molecule has 1 aromatic heterocycles. The van der Waals surface area contributed by atoms with Gasteiger partial charge in [-0.05, 0) is 6.42 Å². The molecule has 2 aromatic rings. The van der Waals surface area contributed by atoms with Crippen LogP contribution in [0.5, 0.6) is 11.5 Å². The second-order valence-corrected chi connectivity index (χ2v) is 4.01. The summed E-state index contributed by atoms with van der Waals surface area (Å²) in [5, 5.41) is 16.7. The number of hydrogen-bond donors (Lipinski definition) is 1. The van der Waals surface area contributed by atoms with Gasteiger partial charge in [-0.25, -0.2) is 4.68 Å². The van der Waals surface area contributed by atoms with E-state index in [9.17, 15) is 4.79 Å². The smallest absolute Gasteiger partial charge is 0.303 e. The summed E-state index contributed by atoms with van der Waals surface area (Å²) in [5.41, 5.74) is 1.48. The number of aryl methyl sites for hydroxylation is 1. The van der Waals surface area contributed by atoms with E-state index in [4.69, 9.17) is 14.6 Å². The summed E-state index contributed by atoms with van der Waals surface area (Å²) < 4.78 is 12.1. The second-order valence-electron chi connectivity index (χ2n) is 4.01. The Balaban J connectivity index is 2.28. The molecule has 0 bridgehead atoms. The molecular weight excluding hydrogens is 250 g/mol. The van der Waals surface area contributed by atoms with E-state index in [-0.39, 0.29) is 6.42 Å². The van der Waals surface area contributed by atoms with E-state index in [0.717, 1.165) is 5.52 Å². The molecule has 0 fully saturated rings. The fourth-order valence-electron chi connectivity index (χ4n) is 1.84. The maximum atomic E-state index is 10.5. The average Bonchev–Trinajstić information content (AvgIpc) is 2.79. The first-order valence-electron chi connectivity index (χ1n) is 5.82. The molecule has 1 N–H and O–H groups in total. The predicted molar refractivity (Wildman–Crippen MR) is 67.5 cm³/mol. The molecule has 1 aromatic carbocycles. The number of fused-ring (bicyclic) bond motifs is 1. The Morgan fingerprint density at radius 3 is 2.63 bits per heavy atom. The van der Waals surface area contributed by atoms with Crippen LogP contribution in [0.25, 0.3) is 11.0 Å². The van der Waals surface area contributed by atoms with Crippen LogP contribution in [0.3, 0.4) is 0 Å². The Morgan fingerprint density at radius 2 is 2.00 bits per heavy atom. The molecule has 0 saturated heterocycles. The van der Waals surface area contributed by atoms with Crippen molar-refractivity contribution >= 4 is 17.0 Å². The number of carboxylic acids is 1. The van der Waals surface area contributed by atoms with Gasteiger partial charge in [0.2, 0.25) is 0 Å². The van der Waals surface area contributed by atoms with Crippen molar-refractivity contribution in [3.05, 3.63) is 12.1 Å². The third-order valence-corrected chi connectivity index (χ3v) is 2.78. The monoisotopic (exact) mass is 265 g/mol. The Labute approximate surface area is 109 Å². The van der Waals surface area contributed by atoms with Crippen LogP contribution in [0.2, 0.25) is 0 Å². The molecule has 7 nitrogen and oxygen atoms in total. The SMILES string of the molecule is COc1cc2nnn(CCCC(=O)O)c2cc1OC. The lowest BCUT2D eigenvalue weighted by Crippen LogP contribution is -2.03. The van der Waals surface area contributed by atoms with Crippen LogP contribution >= 0.6 is 0 Å². The molecular formula is C12H15N3O4. The van der Waals surface area contributed by atoms with Gasteiger partial charge in [0.1, 0.15) is 5.52 Å². The maximum absolute atomic E-state index is 10.5. The van der Waals surface area contributed by atoms with Crippen molar-refractivity contribution in [2.24, 2.45) is 0 Å². The van der Waals surface area contributed by atoms with Crippen molar-refractivity contribution in [1.82, 2.24) is 15.0 Å². The lowest BCUT2D eigenvalue weighted by Gasteiger charge is -2.07. The molecule has 0 aliphatic heterocycles. The number of carbonyl (C=O) groups is 1. The first-order chi connectivity index (χ1) is 9.15. The maximum Gasteiger partial charge on any atom is 0.303 e. The summed E-state index contributed by atoms with van der Waals surface area (Å²) in [6, 6.07) is 3.53. The minimum Gasteiger partial charge on any atom is -0.493 e. The van der Waals surface area contributed by atoms with Crippen molar-refractivity contribution in [2.75, 3.05) is 14.2 Å². The van der Waals surface area contributed by atoms with Gasteiger partial charge >= 0.3 is 5.97 Å². The number of methoxy groups -OCH3 is 2. The highest BCUT2D eigenvalue weighted by Gasteiger charge is 2.11. The lowest BCUT2D eigenvalue weighted by molar-refractivity contribution is -0.137. The number of ether oxygens (including phenoxy) is 2. The Bertz CT molecular complexity index is 594. The predicted octanol–water partition coefficient (Wildman–Crippen LogP) is 1.31. The number of hydrogen-bond acceptors (Lipinski definition) is 5. The van der Waals surface area contributed by atoms with E-state index < -0.39 is 5.97 Å². The molecule has 0 aliphatic carbocycles. The van der Waals surface area contributed by atoms with Crippen LogP contribution in [0, 0.1) is 0 Å². The summed E-state index contributed by atoms with van der Waals surface area (Å²) in [4.78, 5) is 10.5. The highest BCUT2D eigenvalue weighted by molar-refractivity contribution is 5.79. The molecule has 0 spiro atoms. The molecule has 0 radical (unpaired) electrons. The fraction of sp³-hybridized carbons (Fsp3) is 0.417. The van der Waals surface area contributed by atoms with Crippen LogP contribution in [0.4, 0.5) is 0 Å². The molecule has 19 heavy (non-hydrogen) atoms. The normalized spacial score (nSPS) is 10.6. The zero-order valence-electron chi connectivity index (χ0n) is 10.8. The number of aliphatic carboxylic acids is 1. The molecule has 0 unspecified atom stereocenters. The number of rotatable bonds is 6. The summed E-state index contributed by atoms with van der Waals surface area (Å²) in [6.45, 7) is 0.498. The quantitative estimate of drug-likeness (QED) is 0.847. The third kappa shape index (κ3) is 2.75. The van der Waals surface area contributed by atoms with Crippen LogP contribution in [0.15, 0.2) is 12.1 Å². The number of nitrogens with zero attached hydrogens (tertiary/aromatic N) is 3. The van der Waals surface area contributed by atoms with Gasteiger partial charge < -0.3 is 14.6 Å². The molecule has 0 atom stereocenters. The van der Waals surface area contributed by atoms with Crippen LogP contribution in [-0.4, -0.2) is 40.3 Å². The molecule has 0 amide bonds. The highest BCUT2D eigenvalue weighted by Crippen LogP contribution is 2.31. The lowest BCUT2D eigenvalue weighted by atomic mass is 10.2. The van der Waals surface area contributed by atoms with Gasteiger partial charge in [0.15, 0.2) is 11.5 Å². The van der Waals surface area contributed by atoms with E-state index in [2.05, 4.69) is 10.3 Å². The van der Waals surface area contributed by atoms with E-state index in [1.807, 2.05) is 0 Å². The minimum atomic E-state index is -0.816. The Hall–Kier alpha value is -2.31. The average molecular weight is 265 g/mol. The van der Waals surface area contributed by atoms with Crippen molar-refractivity contribution in [2.45, 2.75) is 19.4 Å².